The number of rotatable bonds is 6. The molecule has 4 nitrogen and oxygen atoms in total. The van der Waals surface area contributed by atoms with Gasteiger partial charge in [-0.2, -0.15) is 0 Å². The molecule has 0 saturated carbocycles. The minimum Gasteiger partial charge on any atom is -0.497 e. The molecule has 1 heterocycles. The van der Waals surface area contributed by atoms with E-state index in [4.69, 9.17) is 10.5 Å². The average molecular weight is 263 g/mol. The lowest BCUT2D eigenvalue weighted by Gasteiger charge is -2.36. The number of benzene rings is 1. The van der Waals surface area contributed by atoms with Crippen molar-refractivity contribution in [1.29, 1.82) is 0 Å². The zero-order valence-electron chi connectivity index (χ0n) is 11.8. The third-order valence-electron chi connectivity index (χ3n) is 3.74. The summed E-state index contributed by atoms with van der Waals surface area (Å²) in [7, 11) is 1.70. The number of ether oxygens (including phenoxy) is 1. The normalized spacial score (nSPS) is 16.6. The molecule has 1 fully saturated rings. The summed E-state index contributed by atoms with van der Waals surface area (Å²) in [5.74, 6) is 0.921. The Labute approximate surface area is 116 Å². The second-order valence-corrected chi connectivity index (χ2v) is 5.02. The Balaban J connectivity index is 1.78. The van der Waals surface area contributed by atoms with E-state index in [1.165, 1.54) is 18.7 Å². The quantitative estimate of drug-likeness (QED) is 0.791. The van der Waals surface area contributed by atoms with Crippen LogP contribution in [0.3, 0.4) is 0 Å². The average Bonchev–Trinajstić information content (AvgIpc) is 2.48. The third kappa shape index (κ3) is 4.11. The molecule has 1 saturated heterocycles. The number of piperazine rings is 1. The third-order valence-corrected chi connectivity index (χ3v) is 3.74. The van der Waals surface area contributed by atoms with Crippen molar-refractivity contribution in [3.8, 4) is 5.75 Å². The molecular weight excluding hydrogens is 238 g/mol. The molecular formula is C15H25N3O. The lowest BCUT2D eigenvalue weighted by atomic mass is 10.2. The fraction of sp³-hybridized carbons (Fsp3) is 0.600. The molecule has 0 amide bonds. The van der Waals surface area contributed by atoms with Gasteiger partial charge < -0.3 is 15.4 Å². The Hall–Kier alpha value is -1.26. The summed E-state index contributed by atoms with van der Waals surface area (Å²) in [6.45, 7) is 6.51. The predicted molar refractivity (Wildman–Crippen MR) is 79.9 cm³/mol. The maximum atomic E-state index is 5.53. The monoisotopic (exact) mass is 263 g/mol. The smallest absolute Gasteiger partial charge is 0.119 e. The standard InChI is InChI=1S/C15H25N3O/c1-19-15-6-4-14(5-7-15)18-12-10-17(11-13-18)9-3-2-8-16/h4-7H,2-3,8-13,16H2,1H3. The molecule has 2 rings (SSSR count). The van der Waals surface area contributed by atoms with Crippen LogP contribution in [-0.2, 0) is 0 Å². The van der Waals surface area contributed by atoms with Gasteiger partial charge in [0, 0.05) is 31.9 Å². The summed E-state index contributed by atoms with van der Waals surface area (Å²) >= 11 is 0. The molecule has 0 bridgehead atoms. The first kappa shape index (κ1) is 14.2. The first-order valence-corrected chi connectivity index (χ1v) is 7.15. The van der Waals surface area contributed by atoms with Gasteiger partial charge in [-0.05, 0) is 50.2 Å². The molecule has 0 radical (unpaired) electrons. The van der Waals surface area contributed by atoms with Gasteiger partial charge in [0.1, 0.15) is 5.75 Å². The summed E-state index contributed by atoms with van der Waals surface area (Å²) in [6.07, 6.45) is 2.36. The van der Waals surface area contributed by atoms with Crippen LogP contribution in [-0.4, -0.2) is 51.3 Å². The molecule has 19 heavy (non-hydrogen) atoms. The van der Waals surface area contributed by atoms with E-state index in [0.29, 0.717) is 0 Å². The maximum Gasteiger partial charge on any atom is 0.119 e. The number of nitrogens with zero attached hydrogens (tertiary/aromatic N) is 2. The van der Waals surface area contributed by atoms with Gasteiger partial charge in [0.05, 0.1) is 7.11 Å². The summed E-state index contributed by atoms with van der Waals surface area (Å²) in [6, 6.07) is 8.34. The Morgan fingerprint density at radius 3 is 2.32 bits per heavy atom. The van der Waals surface area contributed by atoms with Crippen molar-refractivity contribution in [2.24, 2.45) is 5.73 Å². The van der Waals surface area contributed by atoms with E-state index in [0.717, 1.165) is 44.9 Å². The number of nitrogens with two attached hydrogens (primary N) is 1. The fourth-order valence-corrected chi connectivity index (χ4v) is 2.50. The number of anilines is 1. The van der Waals surface area contributed by atoms with Crippen LogP contribution in [0.4, 0.5) is 5.69 Å². The molecule has 0 unspecified atom stereocenters. The molecule has 1 aromatic carbocycles. The van der Waals surface area contributed by atoms with Crippen molar-refractivity contribution in [1.82, 2.24) is 4.90 Å². The van der Waals surface area contributed by atoms with Crippen LogP contribution in [0, 0.1) is 0 Å². The van der Waals surface area contributed by atoms with Gasteiger partial charge in [-0.3, -0.25) is 4.90 Å². The number of unbranched alkanes of at least 4 members (excludes halogenated alkanes) is 1. The van der Waals surface area contributed by atoms with Crippen LogP contribution in [0.5, 0.6) is 5.75 Å². The van der Waals surface area contributed by atoms with Crippen LogP contribution >= 0.6 is 0 Å². The van der Waals surface area contributed by atoms with Crippen LogP contribution < -0.4 is 15.4 Å². The van der Waals surface area contributed by atoms with Crippen molar-refractivity contribution < 1.29 is 4.74 Å². The minimum absolute atomic E-state index is 0.811. The van der Waals surface area contributed by atoms with Crippen molar-refractivity contribution in [2.45, 2.75) is 12.8 Å². The minimum atomic E-state index is 0.811. The molecule has 0 atom stereocenters. The molecule has 0 aromatic heterocycles. The van der Waals surface area contributed by atoms with Gasteiger partial charge in [0.2, 0.25) is 0 Å². The largest absolute Gasteiger partial charge is 0.497 e. The van der Waals surface area contributed by atoms with Crippen molar-refractivity contribution >= 4 is 5.69 Å². The zero-order valence-corrected chi connectivity index (χ0v) is 11.8. The van der Waals surface area contributed by atoms with Crippen molar-refractivity contribution in [2.75, 3.05) is 51.3 Å². The topological polar surface area (TPSA) is 41.7 Å². The molecule has 2 N–H and O–H groups in total. The number of hydrogen-bond donors (Lipinski definition) is 1. The highest BCUT2D eigenvalue weighted by Gasteiger charge is 2.16. The van der Waals surface area contributed by atoms with Gasteiger partial charge in [0.25, 0.3) is 0 Å². The van der Waals surface area contributed by atoms with Gasteiger partial charge in [0.15, 0.2) is 0 Å². The van der Waals surface area contributed by atoms with E-state index in [1.807, 2.05) is 12.1 Å². The summed E-state index contributed by atoms with van der Waals surface area (Å²) < 4.78 is 5.19. The summed E-state index contributed by atoms with van der Waals surface area (Å²) in [5.41, 5.74) is 6.82. The molecule has 1 aromatic rings. The predicted octanol–water partition coefficient (Wildman–Crippen LogP) is 1.56. The second kappa shape index (κ2) is 7.36. The van der Waals surface area contributed by atoms with Gasteiger partial charge in [-0.15, -0.1) is 0 Å². The van der Waals surface area contributed by atoms with E-state index in [2.05, 4.69) is 21.9 Å². The molecule has 1 aliphatic heterocycles. The number of methoxy groups -OCH3 is 1. The highest BCUT2D eigenvalue weighted by Crippen LogP contribution is 2.20. The summed E-state index contributed by atoms with van der Waals surface area (Å²) in [4.78, 5) is 4.98. The zero-order chi connectivity index (χ0) is 13.5. The van der Waals surface area contributed by atoms with Gasteiger partial charge in [-0.1, -0.05) is 0 Å². The van der Waals surface area contributed by atoms with Gasteiger partial charge >= 0.3 is 0 Å². The lowest BCUT2D eigenvalue weighted by molar-refractivity contribution is 0.253. The van der Waals surface area contributed by atoms with E-state index in [-0.39, 0.29) is 0 Å². The molecule has 0 aliphatic carbocycles. The highest BCUT2D eigenvalue weighted by atomic mass is 16.5. The second-order valence-electron chi connectivity index (χ2n) is 5.02. The lowest BCUT2D eigenvalue weighted by Crippen LogP contribution is -2.46. The first-order valence-electron chi connectivity index (χ1n) is 7.15. The Morgan fingerprint density at radius 1 is 1.05 bits per heavy atom. The van der Waals surface area contributed by atoms with E-state index in [1.54, 1.807) is 7.11 Å². The fourth-order valence-electron chi connectivity index (χ4n) is 2.50. The Morgan fingerprint density at radius 2 is 1.74 bits per heavy atom. The van der Waals surface area contributed by atoms with E-state index >= 15 is 0 Å². The Bertz CT molecular complexity index is 358. The van der Waals surface area contributed by atoms with Crippen LogP contribution in [0.1, 0.15) is 12.8 Å². The van der Waals surface area contributed by atoms with Crippen LogP contribution in [0.15, 0.2) is 24.3 Å². The van der Waals surface area contributed by atoms with Crippen LogP contribution in [0.25, 0.3) is 0 Å². The van der Waals surface area contributed by atoms with Crippen LogP contribution in [0.2, 0.25) is 0 Å². The van der Waals surface area contributed by atoms with E-state index in [9.17, 15) is 0 Å². The van der Waals surface area contributed by atoms with E-state index < -0.39 is 0 Å². The molecule has 4 heteroatoms. The first-order chi connectivity index (χ1) is 9.33. The van der Waals surface area contributed by atoms with Crippen molar-refractivity contribution in [3.63, 3.8) is 0 Å². The van der Waals surface area contributed by atoms with Gasteiger partial charge in [-0.25, -0.2) is 0 Å². The Kier molecular flexibility index (Phi) is 5.48. The summed E-state index contributed by atoms with van der Waals surface area (Å²) in [5, 5.41) is 0. The molecule has 106 valence electrons. The molecule has 0 spiro atoms. The maximum absolute atomic E-state index is 5.53. The number of hydrogen-bond acceptors (Lipinski definition) is 4. The molecule has 1 aliphatic rings. The highest BCUT2D eigenvalue weighted by molar-refractivity contribution is 5.49. The SMILES string of the molecule is COc1ccc(N2CCN(CCCCN)CC2)cc1. The van der Waals surface area contributed by atoms with Crippen molar-refractivity contribution in [3.05, 3.63) is 24.3 Å².